The van der Waals surface area contributed by atoms with Crippen molar-refractivity contribution in [2.75, 3.05) is 5.32 Å². The van der Waals surface area contributed by atoms with Crippen molar-refractivity contribution in [1.82, 2.24) is 0 Å². The van der Waals surface area contributed by atoms with Crippen LogP contribution in [0.3, 0.4) is 0 Å². The van der Waals surface area contributed by atoms with Crippen LogP contribution < -0.4 is 5.32 Å². The van der Waals surface area contributed by atoms with Crippen LogP contribution in [0.2, 0.25) is 10.0 Å². The highest BCUT2D eigenvalue weighted by Crippen LogP contribution is 2.23. The summed E-state index contributed by atoms with van der Waals surface area (Å²) in [7, 11) is 0. The van der Waals surface area contributed by atoms with Gasteiger partial charge in [-0.05, 0) is 49.4 Å². The molecule has 1 amide bonds. The zero-order valence-corrected chi connectivity index (χ0v) is 13.6. The fraction of sp³-hybridized carbons (Fsp3) is 0.125. The minimum absolute atomic E-state index is 0.108. The van der Waals surface area contributed by atoms with Crippen LogP contribution in [0.4, 0.5) is 5.69 Å². The van der Waals surface area contributed by atoms with E-state index < -0.39 is 18.0 Å². The summed E-state index contributed by atoms with van der Waals surface area (Å²) in [5.74, 6) is -1.63. The number of amides is 1. The molecule has 0 aliphatic heterocycles. The maximum absolute atomic E-state index is 12.0. The van der Waals surface area contributed by atoms with E-state index in [1.54, 1.807) is 24.3 Å². The number of halogens is 2. The average Bonchev–Trinajstić information content (AvgIpc) is 2.51. The fourth-order valence-electron chi connectivity index (χ4n) is 1.73. The summed E-state index contributed by atoms with van der Waals surface area (Å²) in [4.78, 5) is 24.0. The van der Waals surface area contributed by atoms with Gasteiger partial charge in [-0.2, -0.15) is 0 Å². The Hall–Kier alpha value is -2.24. The van der Waals surface area contributed by atoms with Gasteiger partial charge in [-0.25, -0.2) is 4.79 Å². The summed E-state index contributed by atoms with van der Waals surface area (Å²) in [6.45, 7) is 1.42. The Bertz CT molecular complexity index is 731. The highest BCUT2D eigenvalue weighted by molar-refractivity contribution is 6.31. The third kappa shape index (κ3) is 4.61. The molecule has 7 heteroatoms. The molecule has 1 atom stereocenters. The van der Waals surface area contributed by atoms with E-state index in [2.05, 4.69) is 5.32 Å². The molecule has 0 saturated carbocycles. The predicted molar refractivity (Wildman–Crippen MR) is 88.1 cm³/mol. The molecular weight excluding hydrogens is 341 g/mol. The van der Waals surface area contributed by atoms with E-state index in [0.717, 1.165) is 0 Å². The molecule has 0 spiro atoms. The minimum Gasteiger partial charge on any atom is -0.507 e. The molecule has 0 saturated heterocycles. The van der Waals surface area contributed by atoms with Crippen LogP contribution in [0.15, 0.2) is 42.5 Å². The van der Waals surface area contributed by atoms with Crippen LogP contribution in [0.25, 0.3) is 0 Å². The molecule has 0 fully saturated rings. The second-order valence-corrected chi connectivity index (χ2v) is 5.58. The Morgan fingerprint density at radius 2 is 1.70 bits per heavy atom. The number of carbonyl (C=O) groups excluding carboxylic acids is 2. The Morgan fingerprint density at radius 3 is 2.35 bits per heavy atom. The Labute approximate surface area is 142 Å². The molecule has 2 N–H and O–H groups in total. The second kappa shape index (κ2) is 7.35. The molecule has 0 aliphatic carbocycles. The highest BCUT2D eigenvalue weighted by Gasteiger charge is 2.21. The van der Waals surface area contributed by atoms with Crippen molar-refractivity contribution in [3.8, 4) is 5.75 Å². The molecule has 0 bridgehead atoms. The molecular formula is C16H13Cl2NO4. The van der Waals surface area contributed by atoms with E-state index in [1.807, 2.05) is 0 Å². The second-order valence-electron chi connectivity index (χ2n) is 4.71. The van der Waals surface area contributed by atoms with Gasteiger partial charge in [0, 0.05) is 15.7 Å². The third-order valence-electron chi connectivity index (χ3n) is 2.94. The molecule has 0 heterocycles. The van der Waals surface area contributed by atoms with Crippen molar-refractivity contribution in [2.24, 2.45) is 0 Å². The fourth-order valence-corrected chi connectivity index (χ4v) is 2.02. The van der Waals surface area contributed by atoms with E-state index >= 15 is 0 Å². The van der Waals surface area contributed by atoms with Crippen LogP contribution in [0.5, 0.6) is 5.75 Å². The van der Waals surface area contributed by atoms with Crippen LogP contribution >= 0.6 is 23.2 Å². The lowest BCUT2D eigenvalue weighted by Crippen LogP contribution is -2.30. The monoisotopic (exact) mass is 353 g/mol. The van der Waals surface area contributed by atoms with Crippen molar-refractivity contribution in [3.05, 3.63) is 58.1 Å². The third-order valence-corrected chi connectivity index (χ3v) is 3.43. The number of esters is 1. The number of carbonyl (C=O) groups is 2. The van der Waals surface area contributed by atoms with Gasteiger partial charge < -0.3 is 15.2 Å². The normalized spacial score (nSPS) is 11.6. The molecule has 0 unspecified atom stereocenters. The number of ether oxygens (including phenoxy) is 1. The lowest BCUT2D eigenvalue weighted by Gasteiger charge is -2.14. The Kier molecular flexibility index (Phi) is 5.47. The first kappa shape index (κ1) is 17.1. The molecule has 2 rings (SSSR count). The van der Waals surface area contributed by atoms with Gasteiger partial charge in [-0.1, -0.05) is 23.2 Å². The molecule has 0 aromatic heterocycles. The van der Waals surface area contributed by atoms with Crippen LogP contribution in [-0.4, -0.2) is 23.1 Å². The summed E-state index contributed by atoms with van der Waals surface area (Å²) in [6.07, 6.45) is -1.06. The standard InChI is InChI=1S/C16H13Cl2NO4/c1-9(15(21)19-12-5-2-10(17)3-6-12)23-16(22)13-8-11(18)4-7-14(13)20/h2-9,20H,1H3,(H,19,21)/t9-/m0/s1. The zero-order valence-electron chi connectivity index (χ0n) is 12.0. The first-order chi connectivity index (χ1) is 10.9. The summed E-state index contributed by atoms with van der Waals surface area (Å²) in [5, 5.41) is 13.0. The topological polar surface area (TPSA) is 75.6 Å². The van der Waals surface area contributed by atoms with Gasteiger partial charge in [0.2, 0.25) is 0 Å². The smallest absolute Gasteiger partial charge is 0.342 e. The van der Waals surface area contributed by atoms with Gasteiger partial charge in [-0.3, -0.25) is 4.79 Å². The van der Waals surface area contributed by atoms with Crippen molar-refractivity contribution in [3.63, 3.8) is 0 Å². The summed E-state index contributed by atoms with van der Waals surface area (Å²) in [6, 6.07) is 10.5. The summed E-state index contributed by atoms with van der Waals surface area (Å²) < 4.78 is 5.03. The molecule has 23 heavy (non-hydrogen) atoms. The van der Waals surface area contributed by atoms with Gasteiger partial charge in [-0.15, -0.1) is 0 Å². The molecule has 120 valence electrons. The quantitative estimate of drug-likeness (QED) is 0.817. The van der Waals surface area contributed by atoms with Gasteiger partial charge >= 0.3 is 5.97 Å². The number of phenols is 1. The van der Waals surface area contributed by atoms with Gasteiger partial charge in [0.25, 0.3) is 5.91 Å². The minimum atomic E-state index is -1.06. The number of nitrogens with one attached hydrogen (secondary N) is 1. The lowest BCUT2D eigenvalue weighted by molar-refractivity contribution is -0.123. The first-order valence-corrected chi connectivity index (χ1v) is 7.38. The summed E-state index contributed by atoms with van der Waals surface area (Å²) >= 11 is 11.5. The van der Waals surface area contributed by atoms with E-state index in [-0.39, 0.29) is 16.3 Å². The Morgan fingerprint density at radius 1 is 1.09 bits per heavy atom. The molecule has 5 nitrogen and oxygen atoms in total. The maximum atomic E-state index is 12.0. The number of anilines is 1. The maximum Gasteiger partial charge on any atom is 0.342 e. The van der Waals surface area contributed by atoms with E-state index in [9.17, 15) is 14.7 Å². The van der Waals surface area contributed by atoms with Crippen LogP contribution in [0, 0.1) is 0 Å². The number of hydrogen-bond donors (Lipinski definition) is 2. The van der Waals surface area contributed by atoms with E-state index in [1.165, 1.54) is 25.1 Å². The number of aromatic hydroxyl groups is 1. The lowest BCUT2D eigenvalue weighted by atomic mass is 10.2. The number of rotatable bonds is 4. The SMILES string of the molecule is C[C@H](OC(=O)c1cc(Cl)ccc1O)C(=O)Nc1ccc(Cl)cc1. The predicted octanol–water partition coefficient (Wildman–Crippen LogP) is 3.88. The van der Waals surface area contributed by atoms with E-state index in [4.69, 9.17) is 27.9 Å². The van der Waals surface area contributed by atoms with Gasteiger partial charge in [0.05, 0.1) is 0 Å². The highest BCUT2D eigenvalue weighted by atomic mass is 35.5. The first-order valence-electron chi connectivity index (χ1n) is 6.63. The summed E-state index contributed by atoms with van der Waals surface area (Å²) in [5.41, 5.74) is 0.413. The Balaban J connectivity index is 2.01. The zero-order chi connectivity index (χ0) is 17.0. The molecule has 0 aliphatic rings. The number of phenolic OH excluding ortho intramolecular Hbond substituents is 1. The van der Waals surface area contributed by atoms with Crippen molar-refractivity contribution >= 4 is 40.8 Å². The van der Waals surface area contributed by atoms with Crippen LogP contribution in [-0.2, 0) is 9.53 Å². The van der Waals surface area contributed by atoms with Crippen molar-refractivity contribution in [2.45, 2.75) is 13.0 Å². The molecule has 2 aromatic carbocycles. The molecule has 2 aromatic rings. The van der Waals surface area contributed by atoms with Crippen molar-refractivity contribution < 1.29 is 19.4 Å². The molecule has 0 radical (unpaired) electrons. The number of hydrogen-bond acceptors (Lipinski definition) is 4. The average molecular weight is 354 g/mol. The van der Waals surface area contributed by atoms with Gasteiger partial charge in [0.15, 0.2) is 6.10 Å². The largest absolute Gasteiger partial charge is 0.507 e. The van der Waals surface area contributed by atoms with Crippen molar-refractivity contribution in [1.29, 1.82) is 0 Å². The van der Waals surface area contributed by atoms with Gasteiger partial charge in [0.1, 0.15) is 11.3 Å². The van der Waals surface area contributed by atoms with E-state index in [0.29, 0.717) is 10.7 Å². The van der Waals surface area contributed by atoms with Crippen LogP contribution in [0.1, 0.15) is 17.3 Å². The number of benzene rings is 2.